The summed E-state index contributed by atoms with van der Waals surface area (Å²) in [6.07, 6.45) is -5.10. The van der Waals surface area contributed by atoms with Crippen LogP contribution in [0.5, 0.6) is 5.75 Å². The molecule has 9 nitrogen and oxygen atoms in total. The van der Waals surface area contributed by atoms with E-state index in [1.807, 2.05) is 0 Å². The first-order valence-electron chi connectivity index (χ1n) is 12.2. The van der Waals surface area contributed by atoms with Gasteiger partial charge >= 0.3 is 12.1 Å². The number of alkyl halides is 3. The van der Waals surface area contributed by atoms with E-state index in [0.29, 0.717) is 5.56 Å². The molecule has 1 aromatic heterocycles. The van der Waals surface area contributed by atoms with E-state index in [0.717, 1.165) is 35.1 Å². The predicted molar refractivity (Wildman–Crippen MR) is 144 cm³/mol. The Balaban J connectivity index is 2.11. The zero-order valence-electron chi connectivity index (χ0n) is 22.9. The van der Waals surface area contributed by atoms with Crippen molar-refractivity contribution in [1.29, 1.82) is 0 Å². The van der Waals surface area contributed by atoms with Gasteiger partial charge in [-0.15, -0.1) is 0 Å². The second-order valence-corrected chi connectivity index (χ2v) is 12.5. The molecule has 3 rings (SSSR count). The smallest absolute Gasteiger partial charge is 0.416 e. The minimum atomic E-state index is -4.71. The molecule has 0 saturated carbocycles. The highest BCUT2D eigenvalue weighted by Crippen LogP contribution is 2.32. The average Bonchev–Trinajstić information content (AvgIpc) is 2.85. The molecule has 1 amide bonds. The van der Waals surface area contributed by atoms with Crippen LogP contribution in [0.2, 0.25) is 0 Å². The van der Waals surface area contributed by atoms with Gasteiger partial charge in [-0.05, 0) is 42.8 Å². The molecule has 0 radical (unpaired) electrons. The van der Waals surface area contributed by atoms with E-state index in [9.17, 15) is 41.1 Å². The first-order chi connectivity index (χ1) is 18.8. The first kappa shape index (κ1) is 31.4. The van der Waals surface area contributed by atoms with Gasteiger partial charge in [0.2, 0.25) is 0 Å². The van der Waals surface area contributed by atoms with Crippen molar-refractivity contribution < 1.29 is 41.0 Å². The zero-order valence-corrected chi connectivity index (χ0v) is 23.7. The van der Waals surface area contributed by atoms with Crippen LogP contribution in [0.4, 0.5) is 13.2 Å². The maximum atomic E-state index is 13.5. The number of carbonyl (C=O) groups is 2. The highest BCUT2D eigenvalue weighted by Gasteiger charge is 2.35. The van der Waals surface area contributed by atoms with Crippen LogP contribution in [-0.2, 0) is 27.4 Å². The normalized spacial score (nSPS) is 13.0. The molecule has 220 valence electrons. The molecule has 3 aromatic rings. The Hall–Kier alpha value is -4.13. The Morgan fingerprint density at radius 2 is 1.66 bits per heavy atom. The van der Waals surface area contributed by atoms with Gasteiger partial charge in [0, 0.05) is 30.0 Å². The lowest BCUT2D eigenvalue weighted by Gasteiger charge is -2.29. The van der Waals surface area contributed by atoms with E-state index >= 15 is 0 Å². The number of carboxylic acids is 1. The van der Waals surface area contributed by atoms with Crippen LogP contribution < -0.4 is 15.6 Å². The van der Waals surface area contributed by atoms with Crippen LogP contribution in [0.1, 0.15) is 48.0 Å². The van der Waals surface area contributed by atoms with Gasteiger partial charge in [-0.25, -0.2) is 13.2 Å². The van der Waals surface area contributed by atoms with Crippen molar-refractivity contribution in [3.05, 3.63) is 87.3 Å². The maximum absolute atomic E-state index is 13.5. The van der Waals surface area contributed by atoms with Crippen molar-refractivity contribution in [1.82, 2.24) is 9.88 Å². The topological polar surface area (TPSA) is 132 Å². The summed E-state index contributed by atoms with van der Waals surface area (Å²) in [5, 5.41) is 12.3. The molecule has 13 heteroatoms. The standard InChI is InChI=1S/C28H29F3N2O7S/c1-16-22(40-23(26(36)37)27(2,3)4)14-21(24(34)32-15-17-9-11-20(12-10-17)41(5,38)39)25(35)33(16)19-8-6-7-18(13-19)28(29,30)31/h6-14,23H,15H2,1-5H3,(H,32,34)(H,36,37). The molecule has 1 atom stereocenters. The number of amides is 1. The second kappa shape index (κ2) is 11.4. The summed E-state index contributed by atoms with van der Waals surface area (Å²) in [7, 11) is -3.44. The number of rotatable bonds is 8. The molecule has 0 spiro atoms. The Labute approximate surface area is 234 Å². The fraction of sp³-hybridized carbons (Fsp3) is 0.321. The number of hydrogen-bond donors (Lipinski definition) is 2. The number of aliphatic carboxylic acids is 1. The average molecular weight is 595 g/mol. The Kier molecular flexibility index (Phi) is 8.73. The lowest BCUT2D eigenvalue weighted by Crippen LogP contribution is -2.40. The van der Waals surface area contributed by atoms with Crippen LogP contribution in [-0.4, -0.2) is 42.3 Å². The van der Waals surface area contributed by atoms with E-state index in [4.69, 9.17) is 4.74 Å². The molecule has 1 unspecified atom stereocenters. The summed E-state index contributed by atoms with van der Waals surface area (Å²) in [5.74, 6) is -2.42. The summed E-state index contributed by atoms with van der Waals surface area (Å²) in [6.45, 7) is 6.06. The van der Waals surface area contributed by atoms with Crippen molar-refractivity contribution in [3.8, 4) is 11.4 Å². The fourth-order valence-electron chi connectivity index (χ4n) is 3.95. The molecule has 2 aromatic carbocycles. The lowest BCUT2D eigenvalue weighted by atomic mass is 9.89. The molecular formula is C28H29F3N2O7S. The molecule has 0 aliphatic heterocycles. The van der Waals surface area contributed by atoms with Crippen molar-refractivity contribution in [3.63, 3.8) is 0 Å². The Morgan fingerprint density at radius 1 is 1.05 bits per heavy atom. The van der Waals surface area contributed by atoms with E-state index in [1.165, 1.54) is 37.3 Å². The fourth-order valence-corrected chi connectivity index (χ4v) is 4.58. The number of hydrogen-bond acceptors (Lipinski definition) is 6. The van der Waals surface area contributed by atoms with E-state index in [2.05, 4.69) is 5.32 Å². The SMILES string of the molecule is Cc1c(OC(C(=O)O)C(C)(C)C)cc(C(=O)NCc2ccc(S(C)(=O)=O)cc2)c(=O)n1-c1cccc(C(F)(F)F)c1. The highest BCUT2D eigenvalue weighted by atomic mass is 32.2. The number of carboxylic acid groups (broad SMARTS) is 1. The quantitative estimate of drug-likeness (QED) is 0.396. The lowest BCUT2D eigenvalue weighted by molar-refractivity contribution is -0.150. The number of aromatic nitrogens is 1. The number of nitrogens with zero attached hydrogens (tertiary/aromatic N) is 1. The molecular weight excluding hydrogens is 565 g/mol. The van der Waals surface area contributed by atoms with Crippen LogP contribution >= 0.6 is 0 Å². The first-order valence-corrected chi connectivity index (χ1v) is 14.1. The maximum Gasteiger partial charge on any atom is 0.416 e. The molecule has 41 heavy (non-hydrogen) atoms. The summed E-state index contributed by atoms with van der Waals surface area (Å²) in [4.78, 5) is 38.7. The minimum Gasteiger partial charge on any atom is -0.478 e. The molecule has 0 fully saturated rings. The third kappa shape index (κ3) is 7.34. The number of carbonyl (C=O) groups excluding carboxylic acids is 1. The third-order valence-corrected chi connectivity index (χ3v) is 7.27. The van der Waals surface area contributed by atoms with Crippen molar-refractivity contribution >= 4 is 21.7 Å². The van der Waals surface area contributed by atoms with Crippen LogP contribution in [0.3, 0.4) is 0 Å². The van der Waals surface area contributed by atoms with E-state index in [-0.39, 0.29) is 28.6 Å². The summed E-state index contributed by atoms with van der Waals surface area (Å²) >= 11 is 0. The van der Waals surface area contributed by atoms with Gasteiger partial charge in [-0.2, -0.15) is 13.2 Å². The number of ether oxygens (including phenoxy) is 1. The minimum absolute atomic E-state index is 0.0160. The van der Waals surface area contributed by atoms with Gasteiger partial charge in [-0.1, -0.05) is 39.0 Å². The molecule has 0 aliphatic carbocycles. The number of nitrogens with one attached hydrogen (secondary N) is 1. The van der Waals surface area contributed by atoms with Crippen molar-refractivity contribution in [2.45, 2.75) is 51.4 Å². The van der Waals surface area contributed by atoms with Gasteiger partial charge in [0.25, 0.3) is 11.5 Å². The van der Waals surface area contributed by atoms with Crippen LogP contribution in [0.25, 0.3) is 5.69 Å². The van der Waals surface area contributed by atoms with Gasteiger partial charge in [0.15, 0.2) is 15.9 Å². The van der Waals surface area contributed by atoms with Gasteiger partial charge in [-0.3, -0.25) is 14.2 Å². The van der Waals surface area contributed by atoms with Crippen LogP contribution in [0.15, 0.2) is 64.3 Å². The van der Waals surface area contributed by atoms with Crippen molar-refractivity contribution in [2.24, 2.45) is 5.41 Å². The second-order valence-electron chi connectivity index (χ2n) is 10.5. The van der Waals surface area contributed by atoms with Gasteiger partial charge < -0.3 is 15.2 Å². The molecule has 0 bridgehead atoms. The molecule has 2 N–H and O–H groups in total. The Bertz CT molecular complexity index is 1640. The summed E-state index contributed by atoms with van der Waals surface area (Å²) in [6, 6.07) is 10.6. The highest BCUT2D eigenvalue weighted by molar-refractivity contribution is 7.90. The van der Waals surface area contributed by atoms with E-state index < -0.39 is 56.1 Å². The van der Waals surface area contributed by atoms with E-state index in [1.54, 1.807) is 20.8 Å². The number of halogens is 3. The monoisotopic (exact) mass is 594 g/mol. The number of benzene rings is 2. The number of pyridine rings is 1. The third-order valence-electron chi connectivity index (χ3n) is 6.14. The Morgan fingerprint density at radius 3 is 2.17 bits per heavy atom. The largest absolute Gasteiger partial charge is 0.478 e. The van der Waals surface area contributed by atoms with Crippen molar-refractivity contribution in [2.75, 3.05) is 6.26 Å². The molecule has 1 heterocycles. The summed E-state index contributed by atoms with van der Waals surface area (Å²) in [5.41, 5.74) is -3.15. The summed E-state index contributed by atoms with van der Waals surface area (Å²) < 4.78 is 70.3. The number of sulfone groups is 1. The van der Waals surface area contributed by atoms with Gasteiger partial charge in [0.1, 0.15) is 11.3 Å². The molecule has 0 aliphatic rings. The predicted octanol–water partition coefficient (Wildman–Crippen LogP) is 4.38. The van der Waals surface area contributed by atoms with Crippen LogP contribution in [0, 0.1) is 12.3 Å². The molecule has 0 saturated heterocycles. The zero-order chi connectivity index (χ0) is 30.9. The van der Waals surface area contributed by atoms with Gasteiger partial charge in [0.05, 0.1) is 16.2 Å².